The van der Waals surface area contributed by atoms with Gasteiger partial charge in [-0.25, -0.2) is 0 Å². The highest BCUT2D eigenvalue weighted by Gasteiger charge is 2.12. The van der Waals surface area contributed by atoms with Crippen molar-refractivity contribution in [2.45, 2.75) is 0 Å². The molecule has 0 unspecified atom stereocenters. The predicted octanol–water partition coefficient (Wildman–Crippen LogP) is 1.50. The lowest BCUT2D eigenvalue weighted by Gasteiger charge is -2.29. The Morgan fingerprint density at radius 1 is 1.28 bits per heavy atom. The normalized spacial score (nSPS) is 15.9. The molecule has 0 aliphatic carbocycles. The van der Waals surface area contributed by atoms with Gasteiger partial charge in [0.15, 0.2) is 0 Å². The molecular weight excluding hydrogens is 228 g/mol. The Balaban J connectivity index is 1.91. The third-order valence-corrected chi connectivity index (χ3v) is 3.20. The number of nitrogens with two attached hydrogens (primary N) is 1. The first kappa shape index (κ1) is 11.1. The molecule has 94 valence electrons. The van der Waals surface area contributed by atoms with Crippen LogP contribution in [0, 0.1) is 0 Å². The Hall–Kier alpha value is -2.01. The minimum absolute atomic E-state index is 0.606. The summed E-state index contributed by atoms with van der Waals surface area (Å²) in [5, 5.41) is 6.72. The van der Waals surface area contributed by atoms with Crippen LogP contribution in [0.15, 0.2) is 30.5 Å². The number of nitrogens with zero attached hydrogens (tertiary/aromatic N) is 2. The summed E-state index contributed by atoms with van der Waals surface area (Å²) in [6.45, 7) is 3.45. The Morgan fingerprint density at radius 3 is 2.83 bits per heavy atom. The van der Waals surface area contributed by atoms with E-state index in [1.165, 1.54) is 5.69 Å². The van der Waals surface area contributed by atoms with Crippen LogP contribution in [0.4, 0.5) is 11.5 Å². The summed E-state index contributed by atoms with van der Waals surface area (Å²) in [5.74, 6) is 0.606. The van der Waals surface area contributed by atoms with Gasteiger partial charge < -0.3 is 15.4 Å². The minimum atomic E-state index is 0.606. The molecule has 1 aliphatic rings. The fraction of sp³-hybridized carbons (Fsp3) is 0.308. The maximum atomic E-state index is 5.85. The standard InChI is InChI=1S/C13H16N4O/c14-13-12(9-15-16-13)10-2-1-3-11(8-10)17-4-6-18-7-5-17/h1-3,8-9H,4-7H2,(H3,14,15,16). The van der Waals surface area contributed by atoms with E-state index in [1.54, 1.807) is 6.20 Å². The molecule has 5 heteroatoms. The molecular formula is C13H16N4O. The van der Waals surface area contributed by atoms with Gasteiger partial charge in [0.25, 0.3) is 0 Å². The Morgan fingerprint density at radius 2 is 2.11 bits per heavy atom. The molecule has 0 saturated carbocycles. The van der Waals surface area contributed by atoms with E-state index < -0.39 is 0 Å². The van der Waals surface area contributed by atoms with Crippen molar-refractivity contribution in [1.82, 2.24) is 10.2 Å². The molecule has 3 rings (SSSR count). The summed E-state index contributed by atoms with van der Waals surface area (Å²) in [6.07, 6.45) is 1.76. The van der Waals surface area contributed by atoms with Gasteiger partial charge in [0.05, 0.1) is 19.4 Å². The second-order valence-corrected chi connectivity index (χ2v) is 4.35. The number of H-pyrrole nitrogens is 1. The molecule has 18 heavy (non-hydrogen) atoms. The number of benzene rings is 1. The molecule has 1 saturated heterocycles. The SMILES string of the molecule is Nc1[nH]ncc1-c1cccc(N2CCOCC2)c1. The van der Waals surface area contributed by atoms with E-state index in [4.69, 9.17) is 10.5 Å². The van der Waals surface area contributed by atoms with Crippen molar-refractivity contribution in [3.8, 4) is 11.1 Å². The van der Waals surface area contributed by atoms with Gasteiger partial charge in [-0.2, -0.15) is 5.10 Å². The summed E-state index contributed by atoms with van der Waals surface area (Å²) >= 11 is 0. The fourth-order valence-electron chi connectivity index (χ4n) is 2.22. The molecule has 1 fully saturated rings. The summed E-state index contributed by atoms with van der Waals surface area (Å²) in [5.41, 5.74) is 9.09. The zero-order valence-electron chi connectivity index (χ0n) is 10.1. The third kappa shape index (κ3) is 2.04. The predicted molar refractivity (Wildman–Crippen MR) is 71.5 cm³/mol. The Kier molecular flexibility index (Phi) is 2.90. The zero-order chi connectivity index (χ0) is 12.4. The zero-order valence-corrected chi connectivity index (χ0v) is 10.1. The number of anilines is 2. The molecule has 2 heterocycles. The average molecular weight is 244 g/mol. The minimum Gasteiger partial charge on any atom is -0.384 e. The first-order chi connectivity index (χ1) is 8.84. The highest BCUT2D eigenvalue weighted by Crippen LogP contribution is 2.27. The van der Waals surface area contributed by atoms with Crippen LogP contribution in [0.3, 0.4) is 0 Å². The first-order valence-corrected chi connectivity index (χ1v) is 6.06. The van der Waals surface area contributed by atoms with Crippen molar-refractivity contribution < 1.29 is 4.74 Å². The van der Waals surface area contributed by atoms with Gasteiger partial charge in [-0.05, 0) is 17.7 Å². The number of nitrogen functional groups attached to an aromatic ring is 1. The van der Waals surface area contributed by atoms with Crippen molar-refractivity contribution in [3.63, 3.8) is 0 Å². The van der Waals surface area contributed by atoms with Gasteiger partial charge >= 0.3 is 0 Å². The monoisotopic (exact) mass is 244 g/mol. The molecule has 1 aromatic carbocycles. The van der Waals surface area contributed by atoms with Gasteiger partial charge in [-0.15, -0.1) is 0 Å². The number of hydrogen-bond donors (Lipinski definition) is 2. The van der Waals surface area contributed by atoms with E-state index in [0.29, 0.717) is 5.82 Å². The lowest BCUT2D eigenvalue weighted by Crippen LogP contribution is -2.36. The largest absolute Gasteiger partial charge is 0.384 e. The highest BCUT2D eigenvalue weighted by atomic mass is 16.5. The van der Waals surface area contributed by atoms with E-state index in [0.717, 1.165) is 37.4 Å². The van der Waals surface area contributed by atoms with Gasteiger partial charge in [-0.1, -0.05) is 12.1 Å². The van der Waals surface area contributed by atoms with E-state index >= 15 is 0 Å². The summed E-state index contributed by atoms with van der Waals surface area (Å²) < 4.78 is 5.37. The lowest BCUT2D eigenvalue weighted by molar-refractivity contribution is 0.122. The second-order valence-electron chi connectivity index (χ2n) is 4.35. The molecule has 3 N–H and O–H groups in total. The number of aromatic amines is 1. The van der Waals surface area contributed by atoms with Crippen LogP contribution in [0.25, 0.3) is 11.1 Å². The number of nitrogens with one attached hydrogen (secondary N) is 1. The summed E-state index contributed by atoms with van der Waals surface area (Å²) in [4.78, 5) is 2.32. The third-order valence-electron chi connectivity index (χ3n) is 3.20. The second kappa shape index (κ2) is 4.70. The van der Waals surface area contributed by atoms with Gasteiger partial charge in [-0.3, -0.25) is 5.10 Å². The van der Waals surface area contributed by atoms with Crippen molar-refractivity contribution >= 4 is 11.5 Å². The number of aromatic nitrogens is 2. The van der Waals surface area contributed by atoms with Crippen molar-refractivity contribution in [3.05, 3.63) is 30.5 Å². The van der Waals surface area contributed by atoms with E-state index in [2.05, 4.69) is 27.2 Å². The number of morpholine rings is 1. The van der Waals surface area contributed by atoms with Crippen LogP contribution in [-0.2, 0) is 4.74 Å². The van der Waals surface area contributed by atoms with E-state index in [9.17, 15) is 0 Å². The van der Waals surface area contributed by atoms with Crippen LogP contribution in [0.1, 0.15) is 0 Å². The van der Waals surface area contributed by atoms with Gasteiger partial charge in [0.2, 0.25) is 0 Å². The lowest BCUT2D eigenvalue weighted by atomic mass is 10.1. The Labute approximate surface area is 106 Å². The quantitative estimate of drug-likeness (QED) is 0.840. The van der Waals surface area contributed by atoms with Gasteiger partial charge in [0, 0.05) is 24.3 Å². The molecule has 0 radical (unpaired) electrons. The molecule has 1 aliphatic heterocycles. The summed E-state index contributed by atoms with van der Waals surface area (Å²) in [6, 6.07) is 8.36. The van der Waals surface area contributed by atoms with Crippen LogP contribution in [0.2, 0.25) is 0 Å². The topological polar surface area (TPSA) is 67.2 Å². The first-order valence-electron chi connectivity index (χ1n) is 6.06. The van der Waals surface area contributed by atoms with Crippen LogP contribution in [0.5, 0.6) is 0 Å². The smallest absolute Gasteiger partial charge is 0.126 e. The van der Waals surface area contributed by atoms with Crippen molar-refractivity contribution in [2.24, 2.45) is 0 Å². The molecule has 0 amide bonds. The number of rotatable bonds is 2. The van der Waals surface area contributed by atoms with Crippen LogP contribution >= 0.6 is 0 Å². The van der Waals surface area contributed by atoms with Gasteiger partial charge in [0.1, 0.15) is 5.82 Å². The molecule has 0 atom stereocenters. The van der Waals surface area contributed by atoms with Crippen LogP contribution in [-0.4, -0.2) is 36.5 Å². The average Bonchev–Trinajstić information content (AvgIpc) is 2.86. The maximum absolute atomic E-state index is 5.85. The van der Waals surface area contributed by atoms with E-state index in [1.807, 2.05) is 12.1 Å². The molecule has 0 spiro atoms. The molecule has 1 aromatic heterocycles. The number of hydrogen-bond acceptors (Lipinski definition) is 4. The maximum Gasteiger partial charge on any atom is 0.126 e. The number of ether oxygens (including phenoxy) is 1. The summed E-state index contributed by atoms with van der Waals surface area (Å²) in [7, 11) is 0. The molecule has 2 aromatic rings. The molecule has 0 bridgehead atoms. The van der Waals surface area contributed by atoms with Crippen LogP contribution < -0.4 is 10.6 Å². The fourth-order valence-corrected chi connectivity index (χ4v) is 2.22. The highest BCUT2D eigenvalue weighted by molar-refractivity contribution is 5.75. The van der Waals surface area contributed by atoms with E-state index in [-0.39, 0.29) is 0 Å². The van der Waals surface area contributed by atoms with Crippen molar-refractivity contribution in [1.29, 1.82) is 0 Å². The van der Waals surface area contributed by atoms with Crippen molar-refractivity contribution in [2.75, 3.05) is 36.9 Å². The Bertz CT molecular complexity index is 531. The molecule has 5 nitrogen and oxygen atoms in total.